The largest absolute Gasteiger partial charge is 0.508 e. The second-order valence-electron chi connectivity index (χ2n) is 3.92. The average molecular weight is 239 g/mol. The number of aromatic hydroxyl groups is 1. The SMILES string of the molecule is Nc1cccc(C(=O)C=Cc2cccc(O)c2)c1. The molecule has 0 saturated carbocycles. The molecule has 2 aromatic carbocycles. The van der Waals surface area contributed by atoms with Gasteiger partial charge >= 0.3 is 0 Å². The number of phenols is 1. The number of ketones is 1. The fourth-order valence-corrected chi connectivity index (χ4v) is 1.59. The first kappa shape index (κ1) is 11.9. The molecule has 90 valence electrons. The summed E-state index contributed by atoms with van der Waals surface area (Å²) in [5.41, 5.74) is 7.49. The second-order valence-corrected chi connectivity index (χ2v) is 3.92. The van der Waals surface area contributed by atoms with Crippen molar-refractivity contribution in [3.8, 4) is 5.75 Å². The highest BCUT2D eigenvalue weighted by Crippen LogP contribution is 2.13. The Kier molecular flexibility index (Phi) is 3.44. The van der Waals surface area contributed by atoms with Crippen LogP contribution < -0.4 is 5.73 Å². The van der Waals surface area contributed by atoms with Crippen molar-refractivity contribution in [2.75, 3.05) is 5.73 Å². The number of hydrogen-bond acceptors (Lipinski definition) is 3. The van der Waals surface area contributed by atoms with Gasteiger partial charge in [-0.15, -0.1) is 0 Å². The molecule has 0 radical (unpaired) electrons. The molecule has 0 fully saturated rings. The van der Waals surface area contributed by atoms with Gasteiger partial charge < -0.3 is 10.8 Å². The molecule has 2 aromatic rings. The Morgan fingerprint density at radius 3 is 2.61 bits per heavy atom. The molecule has 3 N–H and O–H groups in total. The van der Waals surface area contributed by atoms with Gasteiger partial charge in [0.1, 0.15) is 5.75 Å². The highest BCUT2D eigenvalue weighted by Gasteiger charge is 2.01. The highest BCUT2D eigenvalue weighted by molar-refractivity contribution is 6.07. The van der Waals surface area contributed by atoms with Crippen molar-refractivity contribution >= 4 is 17.5 Å². The minimum absolute atomic E-state index is 0.120. The molecule has 3 nitrogen and oxygen atoms in total. The van der Waals surface area contributed by atoms with Crippen LogP contribution in [-0.2, 0) is 0 Å². The molecule has 0 amide bonds. The molecular weight excluding hydrogens is 226 g/mol. The topological polar surface area (TPSA) is 63.3 Å². The van der Waals surface area contributed by atoms with Crippen LogP contribution in [0.2, 0.25) is 0 Å². The van der Waals surface area contributed by atoms with Gasteiger partial charge in [-0.25, -0.2) is 0 Å². The third kappa shape index (κ3) is 2.98. The lowest BCUT2D eigenvalue weighted by molar-refractivity contribution is 0.104. The number of nitrogen functional groups attached to an aromatic ring is 1. The molecule has 0 aliphatic carbocycles. The van der Waals surface area contributed by atoms with E-state index in [0.29, 0.717) is 11.3 Å². The molecule has 0 spiro atoms. The van der Waals surface area contributed by atoms with Crippen LogP contribution in [0.4, 0.5) is 5.69 Å². The van der Waals surface area contributed by atoms with Crippen molar-refractivity contribution < 1.29 is 9.90 Å². The van der Waals surface area contributed by atoms with Gasteiger partial charge in [0, 0.05) is 11.3 Å². The highest BCUT2D eigenvalue weighted by atomic mass is 16.3. The van der Waals surface area contributed by atoms with E-state index in [4.69, 9.17) is 5.73 Å². The molecule has 18 heavy (non-hydrogen) atoms. The summed E-state index contributed by atoms with van der Waals surface area (Å²) in [4.78, 5) is 11.9. The van der Waals surface area contributed by atoms with Gasteiger partial charge in [0.15, 0.2) is 5.78 Å². The Bertz CT molecular complexity index is 603. The van der Waals surface area contributed by atoms with E-state index in [1.165, 1.54) is 6.08 Å². The van der Waals surface area contributed by atoms with E-state index in [2.05, 4.69) is 0 Å². The quantitative estimate of drug-likeness (QED) is 0.492. The zero-order chi connectivity index (χ0) is 13.0. The van der Waals surface area contributed by atoms with Crippen molar-refractivity contribution in [1.82, 2.24) is 0 Å². The number of phenolic OH excluding ortho intramolecular Hbond substituents is 1. The molecule has 0 aliphatic heterocycles. The number of allylic oxidation sites excluding steroid dienone is 1. The summed E-state index contributed by atoms with van der Waals surface area (Å²) in [6.45, 7) is 0. The van der Waals surface area contributed by atoms with Gasteiger partial charge in [0.25, 0.3) is 0 Å². The molecular formula is C15H13NO2. The molecule has 0 aromatic heterocycles. The van der Waals surface area contributed by atoms with Gasteiger partial charge in [-0.3, -0.25) is 4.79 Å². The zero-order valence-electron chi connectivity index (χ0n) is 9.71. The number of carbonyl (C=O) groups is 1. The predicted molar refractivity (Wildman–Crippen MR) is 72.3 cm³/mol. The second kappa shape index (κ2) is 5.19. The van der Waals surface area contributed by atoms with Crippen LogP contribution in [-0.4, -0.2) is 10.9 Å². The maximum Gasteiger partial charge on any atom is 0.185 e. The van der Waals surface area contributed by atoms with Crippen LogP contribution in [0.25, 0.3) is 6.08 Å². The van der Waals surface area contributed by atoms with Crippen LogP contribution >= 0.6 is 0 Å². The first-order valence-corrected chi connectivity index (χ1v) is 5.52. The summed E-state index contributed by atoms with van der Waals surface area (Å²) >= 11 is 0. The lowest BCUT2D eigenvalue weighted by Gasteiger charge is -1.98. The van der Waals surface area contributed by atoms with Crippen LogP contribution in [0, 0.1) is 0 Å². The summed E-state index contributed by atoms with van der Waals surface area (Å²) in [5.74, 6) is 0.0548. The molecule has 0 aliphatic rings. The number of rotatable bonds is 3. The molecule has 0 heterocycles. The van der Waals surface area contributed by atoms with Gasteiger partial charge in [-0.05, 0) is 35.9 Å². The fourth-order valence-electron chi connectivity index (χ4n) is 1.59. The smallest absolute Gasteiger partial charge is 0.185 e. The van der Waals surface area contributed by atoms with Gasteiger partial charge in [0.2, 0.25) is 0 Å². The molecule has 0 unspecified atom stereocenters. The van der Waals surface area contributed by atoms with E-state index < -0.39 is 0 Å². The van der Waals surface area contributed by atoms with E-state index >= 15 is 0 Å². The molecule has 0 bridgehead atoms. The number of carbonyl (C=O) groups excluding carboxylic acids is 1. The first-order chi connectivity index (χ1) is 8.65. The fraction of sp³-hybridized carbons (Fsp3) is 0. The Morgan fingerprint density at radius 2 is 1.89 bits per heavy atom. The first-order valence-electron chi connectivity index (χ1n) is 5.52. The van der Waals surface area contributed by atoms with E-state index in [9.17, 15) is 9.90 Å². The summed E-state index contributed by atoms with van der Waals surface area (Å²) < 4.78 is 0. The average Bonchev–Trinajstić information content (AvgIpc) is 2.36. The maximum absolute atomic E-state index is 11.9. The van der Waals surface area contributed by atoms with Crippen molar-refractivity contribution in [2.24, 2.45) is 0 Å². The molecule has 0 atom stereocenters. The predicted octanol–water partition coefficient (Wildman–Crippen LogP) is 2.87. The number of hydrogen-bond donors (Lipinski definition) is 2. The summed E-state index contributed by atoms with van der Waals surface area (Å²) in [7, 11) is 0. The van der Waals surface area contributed by atoms with E-state index in [1.807, 2.05) is 6.07 Å². The molecule has 3 heteroatoms. The standard InChI is InChI=1S/C15H13NO2/c16-13-5-2-4-12(10-13)15(18)8-7-11-3-1-6-14(17)9-11/h1-10,17H,16H2. The van der Waals surface area contributed by atoms with Crippen LogP contribution in [0.5, 0.6) is 5.75 Å². The number of nitrogens with two attached hydrogens (primary N) is 1. The molecule has 2 rings (SSSR count). The maximum atomic E-state index is 11.9. The summed E-state index contributed by atoms with van der Waals surface area (Å²) in [5, 5.41) is 9.30. The number of benzene rings is 2. The molecule has 0 saturated heterocycles. The van der Waals surface area contributed by atoms with E-state index in [-0.39, 0.29) is 11.5 Å². The lowest BCUT2D eigenvalue weighted by Crippen LogP contribution is -1.95. The number of anilines is 1. The van der Waals surface area contributed by atoms with Crippen LogP contribution in [0.15, 0.2) is 54.6 Å². The summed E-state index contributed by atoms with van der Waals surface area (Å²) in [6.07, 6.45) is 3.12. The van der Waals surface area contributed by atoms with E-state index in [1.54, 1.807) is 48.5 Å². The van der Waals surface area contributed by atoms with Gasteiger partial charge in [0.05, 0.1) is 0 Å². The van der Waals surface area contributed by atoms with Crippen molar-refractivity contribution in [1.29, 1.82) is 0 Å². The lowest BCUT2D eigenvalue weighted by atomic mass is 10.1. The normalized spacial score (nSPS) is 10.7. The van der Waals surface area contributed by atoms with Crippen LogP contribution in [0.1, 0.15) is 15.9 Å². The third-order valence-corrected chi connectivity index (χ3v) is 2.47. The Labute approximate surface area is 105 Å². The Morgan fingerprint density at radius 1 is 1.11 bits per heavy atom. The van der Waals surface area contributed by atoms with Crippen molar-refractivity contribution in [3.63, 3.8) is 0 Å². The van der Waals surface area contributed by atoms with E-state index in [0.717, 1.165) is 5.56 Å². The minimum atomic E-state index is -0.120. The Balaban J connectivity index is 2.17. The van der Waals surface area contributed by atoms with Crippen LogP contribution in [0.3, 0.4) is 0 Å². The third-order valence-electron chi connectivity index (χ3n) is 2.47. The minimum Gasteiger partial charge on any atom is -0.508 e. The van der Waals surface area contributed by atoms with Gasteiger partial charge in [-0.2, -0.15) is 0 Å². The van der Waals surface area contributed by atoms with Crippen molar-refractivity contribution in [3.05, 3.63) is 65.7 Å². The zero-order valence-corrected chi connectivity index (χ0v) is 9.71. The summed E-state index contributed by atoms with van der Waals surface area (Å²) in [6, 6.07) is 13.5. The Hall–Kier alpha value is -2.55. The monoisotopic (exact) mass is 239 g/mol. The van der Waals surface area contributed by atoms with Crippen molar-refractivity contribution in [2.45, 2.75) is 0 Å². The van der Waals surface area contributed by atoms with Gasteiger partial charge in [-0.1, -0.05) is 30.3 Å².